The molecule has 3 rings (SSSR count). The minimum atomic E-state index is -0.160. The number of ketones is 2. The van der Waals surface area contributed by atoms with Gasteiger partial charge >= 0.3 is 0 Å². The predicted octanol–water partition coefficient (Wildman–Crippen LogP) is 2.15. The lowest BCUT2D eigenvalue weighted by molar-refractivity contribution is 0.0966. The molecule has 0 N–H and O–H groups in total. The van der Waals surface area contributed by atoms with Crippen LogP contribution in [0.15, 0.2) is 4.99 Å². The number of piperidine rings is 1. The van der Waals surface area contributed by atoms with Gasteiger partial charge in [0.15, 0.2) is 5.78 Å². The number of carbonyl (C=O) groups is 2. The van der Waals surface area contributed by atoms with Crippen LogP contribution in [0.3, 0.4) is 0 Å². The number of aryl methyl sites for hydroxylation is 1. The Morgan fingerprint density at radius 2 is 2.00 bits per heavy atom. The van der Waals surface area contributed by atoms with E-state index in [2.05, 4.69) is 14.9 Å². The SMILES string of the molecule is Cc1nc2c(s1)C(=O)CC(=NCCN1CCCCC1)C2=O. The number of carbonyl (C=O) groups excluding carboxylic acids is 2. The molecule has 1 aliphatic carbocycles. The van der Waals surface area contributed by atoms with Crippen LogP contribution in [0.2, 0.25) is 0 Å². The van der Waals surface area contributed by atoms with Crippen molar-refractivity contribution in [3.05, 3.63) is 15.6 Å². The number of hydrogen-bond acceptors (Lipinski definition) is 6. The van der Waals surface area contributed by atoms with Crippen molar-refractivity contribution >= 4 is 28.6 Å². The average Bonchev–Trinajstić information content (AvgIpc) is 2.88. The summed E-state index contributed by atoms with van der Waals surface area (Å²) in [6.07, 6.45) is 3.93. The maximum absolute atomic E-state index is 12.3. The van der Waals surface area contributed by atoms with Crippen LogP contribution in [0.5, 0.6) is 0 Å². The van der Waals surface area contributed by atoms with Gasteiger partial charge in [0, 0.05) is 6.54 Å². The van der Waals surface area contributed by atoms with E-state index in [1.807, 2.05) is 6.92 Å². The molecular weight excluding hydrogens is 286 g/mol. The highest BCUT2D eigenvalue weighted by Gasteiger charge is 2.32. The highest BCUT2D eigenvalue weighted by atomic mass is 32.1. The standard InChI is InChI=1S/C15H19N3O2S/c1-10-17-13-14(20)11(9-12(19)15(13)21-10)16-5-8-18-6-3-2-4-7-18/h2-9H2,1H3. The van der Waals surface area contributed by atoms with E-state index < -0.39 is 0 Å². The molecule has 2 heterocycles. The van der Waals surface area contributed by atoms with E-state index >= 15 is 0 Å². The van der Waals surface area contributed by atoms with Gasteiger partial charge in [-0.1, -0.05) is 6.42 Å². The molecule has 0 spiro atoms. The van der Waals surface area contributed by atoms with Crippen molar-refractivity contribution in [2.45, 2.75) is 32.6 Å². The Morgan fingerprint density at radius 3 is 2.76 bits per heavy atom. The third kappa shape index (κ3) is 3.11. The van der Waals surface area contributed by atoms with Gasteiger partial charge < -0.3 is 4.90 Å². The molecule has 0 unspecified atom stereocenters. The van der Waals surface area contributed by atoms with Crippen molar-refractivity contribution in [3.63, 3.8) is 0 Å². The fraction of sp³-hybridized carbons (Fsp3) is 0.600. The van der Waals surface area contributed by atoms with Crippen LogP contribution in [-0.2, 0) is 0 Å². The van der Waals surface area contributed by atoms with Crippen LogP contribution in [0.25, 0.3) is 0 Å². The van der Waals surface area contributed by atoms with Crippen molar-refractivity contribution in [2.24, 2.45) is 4.99 Å². The zero-order chi connectivity index (χ0) is 14.8. The number of fused-ring (bicyclic) bond motifs is 1. The summed E-state index contributed by atoms with van der Waals surface area (Å²) in [6, 6.07) is 0. The number of thiazole rings is 1. The number of rotatable bonds is 3. The Balaban J connectivity index is 1.67. The Hall–Kier alpha value is -1.40. The monoisotopic (exact) mass is 305 g/mol. The molecule has 6 heteroatoms. The molecule has 112 valence electrons. The van der Waals surface area contributed by atoms with Crippen LogP contribution in [0.4, 0.5) is 0 Å². The number of likely N-dealkylation sites (tertiary alicyclic amines) is 1. The first-order chi connectivity index (χ1) is 10.1. The van der Waals surface area contributed by atoms with E-state index in [1.165, 1.54) is 30.6 Å². The zero-order valence-corrected chi connectivity index (χ0v) is 13.0. The number of hydrogen-bond donors (Lipinski definition) is 0. The minimum Gasteiger partial charge on any atom is -0.301 e. The molecule has 1 aliphatic heterocycles. The Kier molecular flexibility index (Phi) is 4.26. The smallest absolute Gasteiger partial charge is 0.227 e. The van der Waals surface area contributed by atoms with Crippen molar-refractivity contribution in [3.8, 4) is 0 Å². The van der Waals surface area contributed by atoms with Gasteiger partial charge in [0.05, 0.1) is 23.7 Å². The largest absolute Gasteiger partial charge is 0.301 e. The van der Waals surface area contributed by atoms with Crippen LogP contribution >= 0.6 is 11.3 Å². The minimum absolute atomic E-state index is 0.0214. The fourth-order valence-corrected chi connectivity index (χ4v) is 3.71. The van der Waals surface area contributed by atoms with Crippen LogP contribution < -0.4 is 0 Å². The summed E-state index contributed by atoms with van der Waals surface area (Å²) in [5.74, 6) is -0.181. The van der Waals surface area contributed by atoms with Crippen LogP contribution in [0.1, 0.15) is 50.9 Å². The molecular formula is C15H19N3O2S. The number of aromatic nitrogens is 1. The van der Waals surface area contributed by atoms with Gasteiger partial charge in [-0.25, -0.2) is 4.98 Å². The van der Waals surface area contributed by atoms with Crippen LogP contribution in [-0.4, -0.2) is 53.3 Å². The Morgan fingerprint density at radius 1 is 1.24 bits per heavy atom. The van der Waals surface area contributed by atoms with Crippen molar-refractivity contribution < 1.29 is 9.59 Å². The molecule has 1 aromatic heterocycles. The lowest BCUT2D eigenvalue weighted by atomic mass is 9.98. The third-order valence-electron chi connectivity index (χ3n) is 3.96. The summed E-state index contributed by atoms with van der Waals surface area (Å²) >= 11 is 1.31. The molecule has 0 radical (unpaired) electrons. The maximum Gasteiger partial charge on any atom is 0.227 e. The molecule has 1 fully saturated rings. The Bertz CT molecular complexity index is 600. The number of nitrogens with zero attached hydrogens (tertiary/aromatic N) is 3. The normalized spacial score (nSPS) is 21.9. The first-order valence-corrected chi connectivity index (χ1v) is 8.28. The molecule has 5 nitrogen and oxygen atoms in total. The van der Waals surface area contributed by atoms with Gasteiger partial charge in [-0.2, -0.15) is 0 Å². The van der Waals surface area contributed by atoms with Crippen molar-refractivity contribution in [1.29, 1.82) is 0 Å². The van der Waals surface area contributed by atoms with Gasteiger partial charge in [-0.3, -0.25) is 14.6 Å². The molecule has 1 aromatic rings. The first-order valence-electron chi connectivity index (χ1n) is 7.46. The van der Waals surface area contributed by atoms with Crippen LogP contribution in [0, 0.1) is 6.92 Å². The molecule has 0 bridgehead atoms. The quantitative estimate of drug-likeness (QED) is 0.858. The zero-order valence-electron chi connectivity index (χ0n) is 12.2. The fourth-order valence-electron chi connectivity index (χ4n) is 2.86. The molecule has 0 saturated carbocycles. The van der Waals surface area contributed by atoms with Gasteiger partial charge in [0.25, 0.3) is 0 Å². The highest BCUT2D eigenvalue weighted by molar-refractivity contribution is 7.14. The van der Waals surface area contributed by atoms with Gasteiger partial charge in [0.2, 0.25) is 5.78 Å². The Labute approximate surface area is 128 Å². The predicted molar refractivity (Wildman–Crippen MR) is 82.7 cm³/mol. The van der Waals surface area contributed by atoms with E-state index in [9.17, 15) is 9.59 Å². The molecule has 0 amide bonds. The van der Waals surface area contributed by atoms with Crippen molar-refractivity contribution in [1.82, 2.24) is 9.88 Å². The topological polar surface area (TPSA) is 62.6 Å². The van der Waals surface area contributed by atoms with E-state index in [1.54, 1.807) is 0 Å². The van der Waals surface area contributed by atoms with Crippen molar-refractivity contribution in [2.75, 3.05) is 26.2 Å². The van der Waals surface area contributed by atoms with E-state index in [0.717, 1.165) is 24.6 Å². The highest BCUT2D eigenvalue weighted by Crippen LogP contribution is 2.25. The molecule has 0 aromatic carbocycles. The van der Waals surface area contributed by atoms with Gasteiger partial charge in [-0.05, 0) is 32.9 Å². The number of Topliss-reactive ketones (excluding diaryl/α,β-unsaturated/α-hetero) is 2. The van der Waals surface area contributed by atoms with Gasteiger partial charge in [0.1, 0.15) is 10.6 Å². The summed E-state index contributed by atoms with van der Waals surface area (Å²) < 4.78 is 0. The summed E-state index contributed by atoms with van der Waals surface area (Å²) in [6.45, 7) is 5.51. The summed E-state index contributed by atoms with van der Waals surface area (Å²) in [5, 5.41) is 0.760. The molecule has 2 aliphatic rings. The molecule has 21 heavy (non-hydrogen) atoms. The summed E-state index contributed by atoms with van der Waals surface area (Å²) in [5.41, 5.74) is 0.695. The molecule has 1 saturated heterocycles. The second-order valence-electron chi connectivity index (χ2n) is 5.57. The lowest BCUT2D eigenvalue weighted by Gasteiger charge is -2.25. The maximum atomic E-state index is 12.3. The second-order valence-corrected chi connectivity index (χ2v) is 6.77. The molecule has 0 atom stereocenters. The average molecular weight is 305 g/mol. The summed E-state index contributed by atoms with van der Waals surface area (Å²) in [4.78, 5) is 35.8. The van der Waals surface area contributed by atoms with Gasteiger partial charge in [-0.15, -0.1) is 11.3 Å². The van der Waals surface area contributed by atoms with E-state index in [0.29, 0.717) is 22.8 Å². The summed E-state index contributed by atoms with van der Waals surface area (Å²) in [7, 11) is 0. The van der Waals surface area contributed by atoms with E-state index in [-0.39, 0.29) is 18.0 Å². The number of aliphatic imine (C=N–C) groups is 1. The van der Waals surface area contributed by atoms with E-state index in [4.69, 9.17) is 0 Å². The first kappa shape index (κ1) is 14.5. The third-order valence-corrected chi connectivity index (χ3v) is 4.97. The lowest BCUT2D eigenvalue weighted by Crippen LogP contribution is -2.33. The second kappa shape index (κ2) is 6.15.